The first kappa shape index (κ1) is 20.9. The molecule has 6 heteroatoms. The second kappa shape index (κ2) is 10.6. The fraction of sp³-hybridized carbons (Fsp3) is 0.438. The van der Waals surface area contributed by atoms with E-state index in [1.54, 1.807) is 0 Å². The third-order valence-electron chi connectivity index (χ3n) is 3.60. The lowest BCUT2D eigenvalue weighted by Crippen LogP contribution is -2.45. The molecular weight excluding hydrogens is 321 g/mol. The van der Waals surface area contributed by atoms with Crippen LogP contribution in [-0.4, -0.2) is 37.0 Å². The van der Waals surface area contributed by atoms with E-state index in [0.29, 0.717) is 6.04 Å². The van der Waals surface area contributed by atoms with Crippen molar-refractivity contribution >= 4 is 36.4 Å². The number of amides is 1. The molecule has 0 bridgehead atoms. The third kappa shape index (κ3) is 5.97. The van der Waals surface area contributed by atoms with Crippen molar-refractivity contribution in [1.29, 1.82) is 0 Å². The molecule has 0 aromatic heterocycles. The smallest absolute Gasteiger partial charge is 0.221 e. The predicted octanol–water partition coefficient (Wildman–Crippen LogP) is 3.01. The van der Waals surface area contributed by atoms with Crippen molar-refractivity contribution in [2.45, 2.75) is 19.4 Å². The standard InChI is InChI=1S/C16H23N3O.2ClH/c1-3-4-16(19-11-9-17-10-12-19)14-5-7-15(8-6-14)18-13(2)20;;/h3,5-8,16-17H,1,4,9-12H2,2H3,(H,18,20);2*1H/t16-;;/m1../s1. The number of nitrogens with zero attached hydrogens (tertiary/aromatic N) is 1. The minimum Gasteiger partial charge on any atom is -0.326 e. The van der Waals surface area contributed by atoms with E-state index >= 15 is 0 Å². The summed E-state index contributed by atoms with van der Waals surface area (Å²) in [5, 5.41) is 6.18. The summed E-state index contributed by atoms with van der Waals surface area (Å²) in [5.41, 5.74) is 2.12. The van der Waals surface area contributed by atoms with Crippen LogP contribution in [0, 0.1) is 0 Å². The van der Waals surface area contributed by atoms with Gasteiger partial charge >= 0.3 is 0 Å². The van der Waals surface area contributed by atoms with E-state index in [1.165, 1.54) is 12.5 Å². The van der Waals surface area contributed by atoms with Crippen molar-refractivity contribution in [1.82, 2.24) is 10.2 Å². The van der Waals surface area contributed by atoms with Crippen LogP contribution in [0.3, 0.4) is 0 Å². The number of halogens is 2. The summed E-state index contributed by atoms with van der Waals surface area (Å²) >= 11 is 0. The molecule has 2 rings (SSSR count). The molecule has 1 atom stereocenters. The third-order valence-corrected chi connectivity index (χ3v) is 3.60. The average Bonchev–Trinajstić information content (AvgIpc) is 2.46. The molecule has 0 saturated carbocycles. The lowest BCUT2D eigenvalue weighted by atomic mass is 10.0. The zero-order chi connectivity index (χ0) is 14.4. The molecule has 4 nitrogen and oxygen atoms in total. The maximum Gasteiger partial charge on any atom is 0.221 e. The molecule has 1 aromatic rings. The van der Waals surface area contributed by atoms with Gasteiger partial charge in [0, 0.05) is 44.8 Å². The summed E-state index contributed by atoms with van der Waals surface area (Å²) in [7, 11) is 0. The summed E-state index contributed by atoms with van der Waals surface area (Å²) in [6, 6.07) is 8.51. The lowest BCUT2D eigenvalue weighted by Gasteiger charge is -2.34. The Balaban J connectivity index is 0.00000220. The first-order valence-corrected chi connectivity index (χ1v) is 7.14. The number of hydrogen-bond donors (Lipinski definition) is 2. The van der Waals surface area contributed by atoms with Crippen molar-refractivity contribution in [3.8, 4) is 0 Å². The van der Waals surface area contributed by atoms with Crippen LogP contribution in [-0.2, 0) is 4.79 Å². The minimum absolute atomic E-state index is 0. The summed E-state index contributed by atoms with van der Waals surface area (Å²) in [6.07, 6.45) is 2.92. The summed E-state index contributed by atoms with van der Waals surface area (Å²) < 4.78 is 0. The van der Waals surface area contributed by atoms with Crippen LogP contribution in [0.2, 0.25) is 0 Å². The molecule has 22 heavy (non-hydrogen) atoms. The zero-order valence-electron chi connectivity index (χ0n) is 12.9. The normalized spacial score (nSPS) is 15.9. The molecule has 124 valence electrons. The van der Waals surface area contributed by atoms with Crippen LogP contribution in [0.25, 0.3) is 0 Å². The summed E-state index contributed by atoms with van der Waals surface area (Å²) in [4.78, 5) is 13.5. The van der Waals surface area contributed by atoms with E-state index in [1.807, 2.05) is 18.2 Å². The number of piperazine rings is 1. The molecule has 1 fully saturated rings. The monoisotopic (exact) mass is 345 g/mol. The van der Waals surface area contributed by atoms with Crippen molar-refractivity contribution in [2.75, 3.05) is 31.5 Å². The Bertz CT molecular complexity index is 459. The highest BCUT2D eigenvalue weighted by Gasteiger charge is 2.20. The van der Waals surface area contributed by atoms with E-state index in [4.69, 9.17) is 0 Å². The Labute approximate surface area is 145 Å². The van der Waals surface area contributed by atoms with Gasteiger partial charge in [0.25, 0.3) is 0 Å². The van der Waals surface area contributed by atoms with Gasteiger partial charge in [-0.2, -0.15) is 0 Å². The molecular formula is C16H25Cl2N3O. The van der Waals surface area contributed by atoms with Gasteiger partial charge < -0.3 is 10.6 Å². The Kier molecular flexibility index (Phi) is 10.1. The second-order valence-electron chi connectivity index (χ2n) is 5.13. The highest BCUT2D eigenvalue weighted by molar-refractivity contribution is 5.88. The Morgan fingerprint density at radius 1 is 1.32 bits per heavy atom. The number of hydrogen-bond acceptors (Lipinski definition) is 3. The molecule has 0 unspecified atom stereocenters. The number of rotatable bonds is 5. The van der Waals surface area contributed by atoms with Gasteiger partial charge in [-0.05, 0) is 24.1 Å². The maximum absolute atomic E-state index is 11.0. The lowest BCUT2D eigenvalue weighted by molar-refractivity contribution is -0.114. The van der Waals surface area contributed by atoms with Crippen molar-refractivity contribution in [3.05, 3.63) is 42.5 Å². The Morgan fingerprint density at radius 3 is 2.41 bits per heavy atom. The van der Waals surface area contributed by atoms with Gasteiger partial charge in [-0.25, -0.2) is 0 Å². The molecule has 1 saturated heterocycles. The highest BCUT2D eigenvalue weighted by atomic mass is 35.5. The Morgan fingerprint density at radius 2 is 1.91 bits per heavy atom. The molecule has 0 spiro atoms. The molecule has 1 aliphatic rings. The SMILES string of the molecule is C=CC[C@H](c1ccc(NC(C)=O)cc1)N1CCNCC1.Cl.Cl. The molecule has 1 amide bonds. The van der Waals surface area contributed by atoms with E-state index < -0.39 is 0 Å². The van der Waals surface area contributed by atoms with Gasteiger partial charge in [-0.1, -0.05) is 18.2 Å². The zero-order valence-corrected chi connectivity index (χ0v) is 14.5. The highest BCUT2D eigenvalue weighted by Crippen LogP contribution is 2.26. The van der Waals surface area contributed by atoms with Gasteiger partial charge in [0.2, 0.25) is 5.91 Å². The molecule has 1 heterocycles. The minimum atomic E-state index is -0.0394. The van der Waals surface area contributed by atoms with Crippen LogP contribution >= 0.6 is 24.8 Å². The fourth-order valence-corrected chi connectivity index (χ4v) is 2.64. The van der Waals surface area contributed by atoms with Gasteiger partial charge in [-0.15, -0.1) is 31.4 Å². The number of carbonyl (C=O) groups is 1. The van der Waals surface area contributed by atoms with Crippen LogP contribution < -0.4 is 10.6 Å². The summed E-state index contributed by atoms with van der Waals surface area (Å²) in [5.74, 6) is -0.0394. The number of nitrogens with one attached hydrogen (secondary N) is 2. The quantitative estimate of drug-likeness (QED) is 0.806. The molecule has 1 aliphatic heterocycles. The van der Waals surface area contributed by atoms with Crippen LogP contribution in [0.5, 0.6) is 0 Å². The van der Waals surface area contributed by atoms with Crippen LogP contribution in [0.1, 0.15) is 24.9 Å². The molecule has 2 N–H and O–H groups in total. The average molecular weight is 346 g/mol. The molecule has 1 aromatic carbocycles. The summed E-state index contributed by atoms with van der Waals surface area (Å²) in [6.45, 7) is 9.60. The van der Waals surface area contributed by atoms with E-state index in [2.05, 4.69) is 34.2 Å². The second-order valence-corrected chi connectivity index (χ2v) is 5.13. The van der Waals surface area contributed by atoms with Crippen LogP contribution in [0.15, 0.2) is 36.9 Å². The first-order chi connectivity index (χ1) is 9.70. The van der Waals surface area contributed by atoms with Crippen molar-refractivity contribution in [3.63, 3.8) is 0 Å². The van der Waals surface area contributed by atoms with Gasteiger partial charge in [0.1, 0.15) is 0 Å². The van der Waals surface area contributed by atoms with Crippen molar-refractivity contribution in [2.24, 2.45) is 0 Å². The van der Waals surface area contributed by atoms with Crippen LogP contribution in [0.4, 0.5) is 5.69 Å². The van der Waals surface area contributed by atoms with E-state index in [-0.39, 0.29) is 30.7 Å². The van der Waals surface area contributed by atoms with Gasteiger partial charge in [-0.3, -0.25) is 9.69 Å². The molecule has 0 aliphatic carbocycles. The first-order valence-electron chi connectivity index (χ1n) is 7.14. The molecule has 0 radical (unpaired) electrons. The topological polar surface area (TPSA) is 44.4 Å². The fourth-order valence-electron chi connectivity index (χ4n) is 2.64. The maximum atomic E-state index is 11.0. The predicted molar refractivity (Wildman–Crippen MR) is 97.2 cm³/mol. The van der Waals surface area contributed by atoms with E-state index in [0.717, 1.165) is 38.3 Å². The Hall–Kier alpha value is -1.07. The largest absolute Gasteiger partial charge is 0.326 e. The van der Waals surface area contributed by atoms with Crippen molar-refractivity contribution < 1.29 is 4.79 Å². The number of anilines is 1. The number of benzene rings is 1. The number of carbonyl (C=O) groups excluding carboxylic acids is 1. The van der Waals surface area contributed by atoms with E-state index in [9.17, 15) is 4.79 Å². The van der Waals surface area contributed by atoms with Gasteiger partial charge in [0.05, 0.1) is 0 Å². The van der Waals surface area contributed by atoms with Gasteiger partial charge in [0.15, 0.2) is 0 Å².